The van der Waals surface area contributed by atoms with E-state index >= 15 is 0 Å². The van der Waals surface area contributed by atoms with Gasteiger partial charge in [0.1, 0.15) is 6.04 Å². The largest absolute Gasteiger partial charge is 0.373 e. The number of para-hydroxylation sites is 1. The van der Waals surface area contributed by atoms with E-state index in [9.17, 15) is 4.79 Å². The minimum atomic E-state index is -0.368. The Morgan fingerprint density at radius 1 is 1.20 bits per heavy atom. The highest BCUT2D eigenvalue weighted by Gasteiger charge is 2.14. The Morgan fingerprint density at radius 3 is 2.55 bits per heavy atom. The van der Waals surface area contributed by atoms with E-state index in [-0.39, 0.29) is 11.9 Å². The molecule has 5 heteroatoms. The lowest BCUT2D eigenvalue weighted by Gasteiger charge is -2.16. The summed E-state index contributed by atoms with van der Waals surface area (Å²) in [6, 6.07) is 14.4. The Bertz CT molecular complexity index is 604. The van der Waals surface area contributed by atoms with Gasteiger partial charge in [-0.2, -0.15) is 0 Å². The first-order chi connectivity index (χ1) is 9.56. The molecule has 3 nitrogen and oxygen atoms in total. The van der Waals surface area contributed by atoms with Crippen LogP contribution in [0.5, 0.6) is 0 Å². The first-order valence-electron chi connectivity index (χ1n) is 6.14. The normalized spacial score (nSPS) is 11.8. The third kappa shape index (κ3) is 3.99. The van der Waals surface area contributed by atoms with Gasteiger partial charge in [-0.05, 0) is 53.2 Å². The summed E-state index contributed by atoms with van der Waals surface area (Å²) in [4.78, 5) is 12.1. The molecule has 2 aromatic rings. The molecule has 20 heavy (non-hydrogen) atoms. The summed E-state index contributed by atoms with van der Waals surface area (Å²) in [5, 5.41) is 6.63. The molecule has 1 atom stereocenters. The summed E-state index contributed by atoms with van der Waals surface area (Å²) in [7, 11) is 0. The van der Waals surface area contributed by atoms with Crippen molar-refractivity contribution in [1.82, 2.24) is 0 Å². The molecule has 1 amide bonds. The Hall–Kier alpha value is -1.52. The van der Waals surface area contributed by atoms with Crippen LogP contribution in [0.4, 0.5) is 11.4 Å². The SMILES string of the molecule is CC(Nc1ccc(Cl)cc1Br)C(=O)Nc1ccccc1. The van der Waals surface area contributed by atoms with Crippen molar-refractivity contribution in [3.8, 4) is 0 Å². The van der Waals surface area contributed by atoms with E-state index in [4.69, 9.17) is 11.6 Å². The maximum Gasteiger partial charge on any atom is 0.246 e. The van der Waals surface area contributed by atoms with Gasteiger partial charge in [0.2, 0.25) is 5.91 Å². The summed E-state index contributed by atoms with van der Waals surface area (Å²) < 4.78 is 0.823. The maximum absolute atomic E-state index is 12.1. The summed E-state index contributed by atoms with van der Waals surface area (Å²) in [6.45, 7) is 1.80. The second-order valence-corrected chi connectivity index (χ2v) is 5.64. The summed E-state index contributed by atoms with van der Waals surface area (Å²) >= 11 is 9.30. The number of nitrogens with one attached hydrogen (secondary N) is 2. The average Bonchev–Trinajstić information content (AvgIpc) is 2.43. The first kappa shape index (κ1) is 14.9. The summed E-state index contributed by atoms with van der Waals surface area (Å²) in [5.74, 6) is -0.0990. The number of halogens is 2. The van der Waals surface area contributed by atoms with Crippen LogP contribution in [0.3, 0.4) is 0 Å². The molecule has 1 unspecified atom stereocenters. The van der Waals surface area contributed by atoms with Crippen LogP contribution in [0.15, 0.2) is 53.0 Å². The van der Waals surface area contributed by atoms with Gasteiger partial charge in [0, 0.05) is 20.9 Å². The second kappa shape index (κ2) is 6.77. The predicted molar refractivity (Wildman–Crippen MR) is 87.3 cm³/mol. The third-order valence-corrected chi connectivity index (χ3v) is 3.63. The molecule has 0 aliphatic heterocycles. The van der Waals surface area contributed by atoms with Gasteiger partial charge in [-0.3, -0.25) is 4.79 Å². The molecule has 0 spiro atoms. The monoisotopic (exact) mass is 352 g/mol. The Labute approximate surface area is 131 Å². The fourth-order valence-corrected chi connectivity index (χ4v) is 2.47. The van der Waals surface area contributed by atoms with Gasteiger partial charge in [-0.1, -0.05) is 29.8 Å². The molecule has 0 fully saturated rings. The lowest BCUT2D eigenvalue weighted by molar-refractivity contribution is -0.116. The smallest absolute Gasteiger partial charge is 0.246 e. The third-order valence-electron chi connectivity index (χ3n) is 2.74. The van der Waals surface area contributed by atoms with Crippen LogP contribution in [0, 0.1) is 0 Å². The van der Waals surface area contributed by atoms with Crippen LogP contribution in [0.1, 0.15) is 6.92 Å². The number of amides is 1. The zero-order valence-electron chi connectivity index (χ0n) is 10.9. The van der Waals surface area contributed by atoms with Gasteiger partial charge in [0.25, 0.3) is 0 Å². The van der Waals surface area contributed by atoms with E-state index in [1.54, 1.807) is 19.1 Å². The molecule has 0 aromatic heterocycles. The van der Waals surface area contributed by atoms with E-state index < -0.39 is 0 Å². The molecular weight excluding hydrogens is 340 g/mol. The molecule has 0 heterocycles. The van der Waals surface area contributed by atoms with Gasteiger partial charge in [-0.25, -0.2) is 0 Å². The molecule has 2 N–H and O–H groups in total. The summed E-state index contributed by atoms with van der Waals surface area (Å²) in [5.41, 5.74) is 1.60. The van der Waals surface area contributed by atoms with Crippen LogP contribution in [-0.2, 0) is 4.79 Å². The number of benzene rings is 2. The predicted octanol–water partition coefficient (Wildman–Crippen LogP) is 4.54. The van der Waals surface area contributed by atoms with Crippen molar-refractivity contribution in [1.29, 1.82) is 0 Å². The van der Waals surface area contributed by atoms with Crippen molar-refractivity contribution in [3.63, 3.8) is 0 Å². The quantitative estimate of drug-likeness (QED) is 0.847. The number of carbonyl (C=O) groups excluding carboxylic acids is 1. The zero-order valence-corrected chi connectivity index (χ0v) is 13.2. The summed E-state index contributed by atoms with van der Waals surface area (Å²) in [6.07, 6.45) is 0. The van der Waals surface area contributed by atoms with Gasteiger partial charge in [0.15, 0.2) is 0 Å². The topological polar surface area (TPSA) is 41.1 Å². The van der Waals surface area contributed by atoms with Gasteiger partial charge >= 0.3 is 0 Å². The van der Waals surface area contributed by atoms with Crippen molar-refractivity contribution in [2.75, 3.05) is 10.6 Å². The fourth-order valence-electron chi connectivity index (χ4n) is 1.68. The number of anilines is 2. The Morgan fingerprint density at radius 2 is 1.90 bits per heavy atom. The van der Waals surface area contributed by atoms with E-state index in [0.29, 0.717) is 5.02 Å². The molecule has 0 saturated carbocycles. The molecule has 104 valence electrons. The molecule has 0 aliphatic rings. The molecule has 0 saturated heterocycles. The Balaban J connectivity index is 2.00. The van der Waals surface area contributed by atoms with Crippen molar-refractivity contribution in [2.45, 2.75) is 13.0 Å². The standard InChI is InChI=1S/C15H14BrClN2O/c1-10(15(20)19-12-5-3-2-4-6-12)18-14-8-7-11(17)9-13(14)16/h2-10,18H,1H3,(H,19,20). The highest BCUT2D eigenvalue weighted by molar-refractivity contribution is 9.10. The van der Waals surface area contributed by atoms with Gasteiger partial charge in [-0.15, -0.1) is 0 Å². The minimum Gasteiger partial charge on any atom is -0.373 e. The fraction of sp³-hybridized carbons (Fsp3) is 0.133. The number of hydrogen-bond donors (Lipinski definition) is 2. The van der Waals surface area contributed by atoms with E-state index in [1.165, 1.54) is 0 Å². The molecule has 2 rings (SSSR count). The number of carbonyl (C=O) groups is 1. The molecule has 0 aliphatic carbocycles. The van der Waals surface area contributed by atoms with Crippen LogP contribution in [0.2, 0.25) is 5.02 Å². The minimum absolute atomic E-state index is 0.0990. The molecule has 0 radical (unpaired) electrons. The maximum atomic E-state index is 12.1. The van der Waals surface area contributed by atoms with Crippen LogP contribution in [-0.4, -0.2) is 11.9 Å². The molecule has 2 aromatic carbocycles. The Kier molecular flexibility index (Phi) is 5.04. The van der Waals surface area contributed by atoms with Crippen molar-refractivity contribution < 1.29 is 4.79 Å². The number of rotatable bonds is 4. The van der Waals surface area contributed by atoms with Crippen LogP contribution < -0.4 is 10.6 Å². The number of hydrogen-bond acceptors (Lipinski definition) is 2. The lowest BCUT2D eigenvalue weighted by atomic mass is 10.2. The van der Waals surface area contributed by atoms with E-state index in [0.717, 1.165) is 15.8 Å². The van der Waals surface area contributed by atoms with Gasteiger partial charge < -0.3 is 10.6 Å². The highest BCUT2D eigenvalue weighted by Crippen LogP contribution is 2.26. The van der Waals surface area contributed by atoms with Crippen LogP contribution >= 0.6 is 27.5 Å². The average molecular weight is 354 g/mol. The molecule has 0 bridgehead atoms. The van der Waals surface area contributed by atoms with E-state index in [2.05, 4.69) is 26.6 Å². The first-order valence-corrected chi connectivity index (χ1v) is 7.31. The highest BCUT2D eigenvalue weighted by atomic mass is 79.9. The molecular formula is C15H14BrClN2O. The van der Waals surface area contributed by atoms with Crippen molar-refractivity contribution >= 4 is 44.8 Å². The second-order valence-electron chi connectivity index (χ2n) is 4.35. The van der Waals surface area contributed by atoms with Crippen molar-refractivity contribution in [3.05, 3.63) is 58.0 Å². The lowest BCUT2D eigenvalue weighted by Crippen LogP contribution is -2.31. The van der Waals surface area contributed by atoms with Crippen molar-refractivity contribution in [2.24, 2.45) is 0 Å². The van der Waals surface area contributed by atoms with E-state index in [1.807, 2.05) is 36.4 Å². The van der Waals surface area contributed by atoms with Gasteiger partial charge in [0.05, 0.1) is 0 Å². The zero-order chi connectivity index (χ0) is 14.5. The van der Waals surface area contributed by atoms with Crippen LogP contribution in [0.25, 0.3) is 0 Å².